The van der Waals surface area contributed by atoms with Gasteiger partial charge in [0.05, 0.1) is 6.10 Å². The van der Waals surface area contributed by atoms with E-state index in [2.05, 4.69) is 32.6 Å². The lowest BCUT2D eigenvalue weighted by molar-refractivity contribution is 0.0566. The van der Waals surface area contributed by atoms with Gasteiger partial charge < -0.3 is 9.47 Å². The summed E-state index contributed by atoms with van der Waals surface area (Å²) in [6.07, 6.45) is 13.2. The first-order chi connectivity index (χ1) is 14.6. The van der Waals surface area contributed by atoms with Crippen molar-refractivity contribution >= 4 is 6.08 Å². The van der Waals surface area contributed by atoms with Crippen LogP contribution in [-0.2, 0) is 4.74 Å². The molecule has 0 aromatic heterocycles. The number of hydrogen-bond donors (Lipinski definition) is 0. The Bertz CT molecular complexity index is 780. The summed E-state index contributed by atoms with van der Waals surface area (Å²) in [6, 6.07) is 12.9. The monoisotopic (exact) mass is 410 g/mol. The van der Waals surface area contributed by atoms with Crippen LogP contribution >= 0.6 is 0 Å². The van der Waals surface area contributed by atoms with Gasteiger partial charge in [0.2, 0.25) is 0 Å². The third-order valence-electron chi connectivity index (χ3n) is 4.97. The average Bonchev–Trinajstić information content (AvgIpc) is 2.76. The van der Waals surface area contributed by atoms with Crippen molar-refractivity contribution in [3.8, 4) is 16.9 Å². The zero-order chi connectivity index (χ0) is 21.6. The fourth-order valence-electron chi connectivity index (χ4n) is 3.21. The van der Waals surface area contributed by atoms with Crippen molar-refractivity contribution < 1.29 is 13.9 Å². The molecule has 162 valence electrons. The molecule has 0 aliphatic heterocycles. The predicted octanol–water partition coefficient (Wildman–Crippen LogP) is 7.84. The second kappa shape index (κ2) is 13.8. The van der Waals surface area contributed by atoms with Gasteiger partial charge >= 0.3 is 0 Å². The van der Waals surface area contributed by atoms with Crippen molar-refractivity contribution in [2.75, 3.05) is 13.2 Å². The molecule has 3 heteroatoms. The van der Waals surface area contributed by atoms with Crippen LogP contribution in [0.2, 0.25) is 0 Å². The Morgan fingerprint density at radius 2 is 1.87 bits per heavy atom. The number of ether oxygens (including phenoxy) is 2. The Labute approximate surface area is 181 Å². The largest absolute Gasteiger partial charge is 0.489 e. The summed E-state index contributed by atoms with van der Waals surface area (Å²) in [7, 11) is 0. The summed E-state index contributed by atoms with van der Waals surface area (Å²) >= 11 is 0. The van der Waals surface area contributed by atoms with E-state index < -0.39 is 0 Å². The molecule has 0 spiro atoms. The summed E-state index contributed by atoms with van der Waals surface area (Å²) < 4.78 is 25.6. The summed E-state index contributed by atoms with van der Waals surface area (Å²) in [5, 5.41) is 0. The smallest absolute Gasteiger partial charge is 0.134 e. The lowest BCUT2D eigenvalue weighted by Gasteiger charge is -2.12. The molecule has 0 N–H and O–H groups in total. The van der Waals surface area contributed by atoms with Gasteiger partial charge in [-0.05, 0) is 55.9 Å². The van der Waals surface area contributed by atoms with Crippen LogP contribution in [0, 0.1) is 5.82 Å². The van der Waals surface area contributed by atoms with E-state index in [-0.39, 0.29) is 5.82 Å². The Morgan fingerprint density at radius 3 is 2.57 bits per heavy atom. The first-order valence-electron chi connectivity index (χ1n) is 11.1. The van der Waals surface area contributed by atoms with Crippen LogP contribution in [0.1, 0.15) is 57.9 Å². The molecule has 1 unspecified atom stereocenters. The number of rotatable bonds is 14. The maximum atomic E-state index is 14.4. The highest BCUT2D eigenvalue weighted by atomic mass is 19.1. The van der Waals surface area contributed by atoms with Gasteiger partial charge in [-0.3, -0.25) is 0 Å². The molecule has 0 heterocycles. The predicted molar refractivity (Wildman–Crippen MR) is 125 cm³/mol. The number of halogens is 1. The Morgan fingerprint density at radius 1 is 1.07 bits per heavy atom. The third-order valence-corrected chi connectivity index (χ3v) is 4.97. The van der Waals surface area contributed by atoms with Gasteiger partial charge in [-0.1, -0.05) is 68.8 Å². The van der Waals surface area contributed by atoms with Crippen LogP contribution in [0.5, 0.6) is 5.75 Å². The van der Waals surface area contributed by atoms with Gasteiger partial charge in [-0.2, -0.15) is 0 Å². The first kappa shape index (κ1) is 23.9. The van der Waals surface area contributed by atoms with E-state index in [0.717, 1.165) is 43.4 Å². The molecule has 2 rings (SSSR count). The molecule has 0 saturated carbocycles. The van der Waals surface area contributed by atoms with E-state index in [1.54, 1.807) is 18.2 Å². The van der Waals surface area contributed by atoms with Crippen molar-refractivity contribution in [2.45, 2.75) is 58.5 Å². The number of hydrogen-bond acceptors (Lipinski definition) is 2. The molecule has 1 atom stereocenters. The highest BCUT2D eigenvalue weighted by Crippen LogP contribution is 2.27. The molecule has 0 radical (unpaired) electrons. The van der Waals surface area contributed by atoms with Crippen LogP contribution in [-0.4, -0.2) is 19.3 Å². The lowest BCUT2D eigenvalue weighted by atomic mass is 10.0. The fourth-order valence-corrected chi connectivity index (χ4v) is 3.21. The zero-order valence-corrected chi connectivity index (χ0v) is 18.4. The molecule has 0 fully saturated rings. The normalized spacial score (nSPS) is 12.2. The minimum Gasteiger partial charge on any atom is -0.489 e. The molecule has 0 aliphatic carbocycles. The van der Waals surface area contributed by atoms with Gasteiger partial charge in [0.25, 0.3) is 0 Å². The van der Waals surface area contributed by atoms with E-state index in [4.69, 9.17) is 9.47 Å². The molecule has 2 aromatic carbocycles. The summed E-state index contributed by atoms with van der Waals surface area (Å²) in [5.41, 5.74) is 2.55. The minimum absolute atomic E-state index is 0.286. The Kier molecular flexibility index (Phi) is 11.0. The quantitative estimate of drug-likeness (QED) is 0.233. The molecule has 0 saturated heterocycles. The van der Waals surface area contributed by atoms with Gasteiger partial charge in [-0.25, -0.2) is 4.39 Å². The third kappa shape index (κ3) is 8.54. The van der Waals surface area contributed by atoms with Gasteiger partial charge in [0.1, 0.15) is 18.2 Å². The molecule has 2 aromatic rings. The summed E-state index contributed by atoms with van der Waals surface area (Å²) in [4.78, 5) is 0. The maximum Gasteiger partial charge on any atom is 0.134 e. The first-order valence-corrected chi connectivity index (χ1v) is 11.1. The maximum absolute atomic E-state index is 14.4. The van der Waals surface area contributed by atoms with Crippen molar-refractivity contribution in [2.24, 2.45) is 0 Å². The Balaban J connectivity index is 1.78. The fraction of sp³-hybridized carbons (Fsp3) is 0.407. The van der Waals surface area contributed by atoms with Crippen LogP contribution in [0.3, 0.4) is 0 Å². The number of allylic oxidation sites excluding steroid dienone is 1. The topological polar surface area (TPSA) is 18.5 Å². The molecule has 0 amide bonds. The summed E-state index contributed by atoms with van der Waals surface area (Å²) in [6.45, 7) is 9.21. The van der Waals surface area contributed by atoms with E-state index >= 15 is 0 Å². The van der Waals surface area contributed by atoms with Crippen LogP contribution in [0.15, 0.2) is 61.2 Å². The molecule has 0 bridgehead atoms. The van der Waals surface area contributed by atoms with Gasteiger partial charge in [0, 0.05) is 18.2 Å². The second-order valence-electron chi connectivity index (χ2n) is 7.59. The zero-order valence-electron chi connectivity index (χ0n) is 18.4. The van der Waals surface area contributed by atoms with Crippen molar-refractivity contribution in [3.63, 3.8) is 0 Å². The molecule has 0 aliphatic rings. The number of benzene rings is 2. The van der Waals surface area contributed by atoms with E-state index in [1.807, 2.05) is 24.3 Å². The van der Waals surface area contributed by atoms with E-state index in [9.17, 15) is 4.39 Å². The van der Waals surface area contributed by atoms with Crippen LogP contribution in [0.4, 0.5) is 4.39 Å². The molecular weight excluding hydrogens is 375 g/mol. The minimum atomic E-state index is -0.286. The van der Waals surface area contributed by atoms with Crippen LogP contribution in [0.25, 0.3) is 17.2 Å². The molecular formula is C27H35FO2. The number of unbranched alkanes of at least 4 members (excludes halogenated alkanes) is 3. The average molecular weight is 411 g/mol. The van der Waals surface area contributed by atoms with Gasteiger partial charge in [-0.15, -0.1) is 0 Å². The highest BCUT2D eigenvalue weighted by molar-refractivity contribution is 5.67. The highest BCUT2D eigenvalue weighted by Gasteiger charge is 2.07. The van der Waals surface area contributed by atoms with Crippen molar-refractivity contribution in [3.05, 3.63) is 72.6 Å². The van der Waals surface area contributed by atoms with E-state index in [0.29, 0.717) is 24.0 Å². The molecule has 30 heavy (non-hydrogen) atoms. The van der Waals surface area contributed by atoms with E-state index in [1.165, 1.54) is 18.9 Å². The molecule has 2 nitrogen and oxygen atoms in total. The Hall–Kier alpha value is -2.39. The lowest BCUT2D eigenvalue weighted by Crippen LogP contribution is -2.08. The van der Waals surface area contributed by atoms with Gasteiger partial charge in [0.15, 0.2) is 0 Å². The standard InChI is InChI=1S/C27H35FO2/c1-4-6-10-20-29-22(3)11-8-7-9-12-23-13-15-24(16-14-23)26-18-17-25(21-27(26)28)30-19-5-2/h5,9,12-18,21-22H,2,4,6-8,10-11,19-20H2,1,3H3. The van der Waals surface area contributed by atoms with Crippen molar-refractivity contribution in [1.82, 2.24) is 0 Å². The van der Waals surface area contributed by atoms with Crippen LogP contribution < -0.4 is 4.74 Å². The SMILES string of the molecule is C=CCOc1ccc(-c2ccc(C=CCCCC(C)OCCCCC)cc2)c(F)c1. The second-order valence-corrected chi connectivity index (χ2v) is 7.59. The van der Waals surface area contributed by atoms with Crippen molar-refractivity contribution in [1.29, 1.82) is 0 Å². The summed E-state index contributed by atoms with van der Waals surface area (Å²) in [5.74, 6) is 0.224.